The van der Waals surface area contributed by atoms with Crippen molar-refractivity contribution in [3.8, 4) is 5.69 Å². The molecular weight excluding hydrogens is 491 g/mol. The fourth-order valence-corrected chi connectivity index (χ4v) is 5.35. The van der Waals surface area contributed by atoms with E-state index in [9.17, 15) is 0 Å². The zero-order valence-corrected chi connectivity index (χ0v) is 16.9. The van der Waals surface area contributed by atoms with Crippen molar-refractivity contribution in [3.05, 3.63) is 56.8 Å². The molecule has 128 valence electrons. The maximum absolute atomic E-state index is 6.45. The van der Waals surface area contributed by atoms with Crippen LogP contribution in [0, 0.1) is 24.4 Å². The van der Waals surface area contributed by atoms with E-state index in [2.05, 4.69) is 85.3 Å². The number of fused-ring (bicyclic) bond motifs is 1. The molecular formula is C18H21AuClN3-2. The minimum absolute atomic E-state index is 0.484. The summed E-state index contributed by atoms with van der Waals surface area (Å²) in [4.78, 5) is 2.13. The van der Waals surface area contributed by atoms with Gasteiger partial charge in [0.25, 0.3) is 0 Å². The molecule has 0 saturated carbocycles. The summed E-state index contributed by atoms with van der Waals surface area (Å²) >= 11 is -0.484. The van der Waals surface area contributed by atoms with Crippen LogP contribution in [-0.2, 0) is 18.2 Å². The second-order valence-corrected chi connectivity index (χ2v) is 8.39. The van der Waals surface area contributed by atoms with Crippen LogP contribution in [0.5, 0.6) is 0 Å². The van der Waals surface area contributed by atoms with Crippen LogP contribution in [0.25, 0.3) is 11.2 Å². The van der Waals surface area contributed by atoms with Crippen LogP contribution in [-0.4, -0.2) is 23.1 Å². The van der Waals surface area contributed by atoms with Gasteiger partial charge in [-0.05, 0) is 0 Å². The molecule has 3 aromatic rings. The first-order valence-corrected chi connectivity index (χ1v) is 11.2. The van der Waals surface area contributed by atoms with Crippen LogP contribution in [0.1, 0.15) is 16.7 Å². The summed E-state index contributed by atoms with van der Waals surface area (Å²) in [5.74, 6) is 1.15. The van der Waals surface area contributed by atoms with Crippen molar-refractivity contribution in [1.29, 1.82) is 0 Å². The van der Waals surface area contributed by atoms with Crippen molar-refractivity contribution in [1.82, 2.24) is 8.97 Å². The SMILES string of the molecule is Cc1cc(C)c(-n2cc3cccc(N(C)C)n3[c]2=[Au-2][Cl])c(C)c1. The summed E-state index contributed by atoms with van der Waals surface area (Å²) in [5, 5.41) is 0. The molecule has 0 amide bonds. The topological polar surface area (TPSA) is 12.6 Å². The zero-order valence-electron chi connectivity index (χ0n) is 14.0. The number of aromatic nitrogens is 2. The third-order valence-corrected chi connectivity index (χ3v) is 6.20. The van der Waals surface area contributed by atoms with Crippen molar-refractivity contribution >= 4 is 20.5 Å². The predicted molar refractivity (Wildman–Crippen MR) is 94.4 cm³/mol. The third kappa shape index (κ3) is 2.83. The van der Waals surface area contributed by atoms with Gasteiger partial charge < -0.3 is 0 Å². The third-order valence-electron chi connectivity index (χ3n) is 3.99. The molecule has 0 bridgehead atoms. The van der Waals surface area contributed by atoms with Gasteiger partial charge in [0.15, 0.2) is 0 Å². The fourth-order valence-electron chi connectivity index (χ4n) is 3.19. The quantitative estimate of drug-likeness (QED) is 0.462. The summed E-state index contributed by atoms with van der Waals surface area (Å²) in [6, 6.07) is 10.8. The van der Waals surface area contributed by atoms with E-state index in [1.807, 2.05) is 0 Å². The number of rotatable bonds is 2. The standard InChI is InChI=1S/C18H21N3.Au.ClH/c1-13-9-14(2)18(15(3)10-13)20-11-16-7-6-8-17(19(4)5)21(16)12-20;;/h6-11H,1-5H3;;1H/q;-1;/p-1. The summed E-state index contributed by atoms with van der Waals surface area (Å²) in [7, 11) is 10.6. The first-order chi connectivity index (χ1) is 10.9. The van der Waals surface area contributed by atoms with Gasteiger partial charge in [-0.1, -0.05) is 0 Å². The molecule has 0 saturated heterocycles. The van der Waals surface area contributed by atoms with E-state index in [4.69, 9.17) is 9.19 Å². The molecule has 3 nitrogen and oxygen atoms in total. The molecule has 23 heavy (non-hydrogen) atoms. The number of aryl methyl sites for hydroxylation is 3. The summed E-state index contributed by atoms with van der Waals surface area (Å²) < 4.78 is 5.72. The van der Waals surface area contributed by atoms with E-state index in [-0.39, 0.29) is 0 Å². The van der Waals surface area contributed by atoms with Crippen LogP contribution in [0.15, 0.2) is 36.5 Å². The van der Waals surface area contributed by atoms with Gasteiger partial charge in [-0.3, -0.25) is 0 Å². The summed E-state index contributed by atoms with van der Waals surface area (Å²) in [6.45, 7) is 6.49. The minimum atomic E-state index is -0.484. The molecule has 3 rings (SSSR count). The van der Waals surface area contributed by atoms with E-state index in [1.165, 1.54) is 31.5 Å². The number of nitrogens with zero attached hydrogens (tertiary/aromatic N) is 3. The molecule has 0 fully saturated rings. The molecule has 0 N–H and O–H groups in total. The second-order valence-electron chi connectivity index (χ2n) is 6.08. The number of pyridine rings is 1. The molecule has 0 aliphatic carbocycles. The molecule has 0 atom stereocenters. The molecule has 0 spiro atoms. The summed E-state index contributed by atoms with van der Waals surface area (Å²) in [6.07, 6.45) is 2.20. The van der Waals surface area contributed by atoms with Gasteiger partial charge >= 0.3 is 150 Å². The molecule has 2 aromatic heterocycles. The van der Waals surface area contributed by atoms with Gasteiger partial charge in [-0.2, -0.15) is 0 Å². The number of halogens is 1. The van der Waals surface area contributed by atoms with E-state index in [1.54, 1.807) is 0 Å². The number of anilines is 1. The Morgan fingerprint density at radius 1 is 1.04 bits per heavy atom. The Labute approximate surface area is 149 Å². The van der Waals surface area contributed by atoms with Gasteiger partial charge in [0.2, 0.25) is 0 Å². The van der Waals surface area contributed by atoms with Gasteiger partial charge in [-0.25, -0.2) is 0 Å². The summed E-state index contributed by atoms with van der Waals surface area (Å²) in [5.41, 5.74) is 6.27. The Kier molecular flexibility index (Phi) is 4.56. The Morgan fingerprint density at radius 2 is 1.70 bits per heavy atom. The van der Waals surface area contributed by atoms with Crippen LogP contribution >= 0.6 is 9.19 Å². The van der Waals surface area contributed by atoms with Crippen LogP contribution in [0.4, 0.5) is 5.82 Å². The Hall–Kier alpha value is -1.26. The van der Waals surface area contributed by atoms with E-state index in [0.29, 0.717) is 0 Å². The second kappa shape index (κ2) is 6.33. The van der Waals surface area contributed by atoms with Crippen molar-refractivity contribution in [3.63, 3.8) is 0 Å². The Morgan fingerprint density at radius 3 is 2.26 bits per heavy atom. The van der Waals surface area contributed by atoms with Gasteiger partial charge in [0.05, 0.1) is 0 Å². The predicted octanol–water partition coefficient (Wildman–Crippen LogP) is 4.49. The molecule has 2 heterocycles. The fraction of sp³-hybridized carbons (Fsp3) is 0.278. The van der Waals surface area contributed by atoms with E-state index in [0.717, 1.165) is 5.82 Å². The Balaban J connectivity index is 2.44. The average molecular weight is 512 g/mol. The molecule has 0 aliphatic heterocycles. The van der Waals surface area contributed by atoms with E-state index < -0.39 is 18.2 Å². The zero-order chi connectivity index (χ0) is 16.7. The van der Waals surface area contributed by atoms with Crippen LogP contribution < -0.4 is 4.90 Å². The van der Waals surface area contributed by atoms with Crippen LogP contribution in [0.2, 0.25) is 0 Å². The first kappa shape index (κ1) is 16.6. The molecule has 0 aliphatic rings. The van der Waals surface area contributed by atoms with Crippen molar-refractivity contribution < 1.29 is 18.2 Å². The van der Waals surface area contributed by atoms with Gasteiger partial charge in [0, 0.05) is 0 Å². The number of hydrogen-bond acceptors (Lipinski definition) is 1. The first-order valence-electron chi connectivity index (χ1n) is 7.45. The van der Waals surface area contributed by atoms with Gasteiger partial charge in [0.1, 0.15) is 0 Å². The van der Waals surface area contributed by atoms with Crippen molar-refractivity contribution in [2.75, 3.05) is 19.0 Å². The molecule has 0 unspecified atom stereocenters. The van der Waals surface area contributed by atoms with E-state index >= 15 is 0 Å². The van der Waals surface area contributed by atoms with Crippen molar-refractivity contribution in [2.45, 2.75) is 20.8 Å². The van der Waals surface area contributed by atoms with Crippen molar-refractivity contribution in [2.24, 2.45) is 0 Å². The molecule has 1 aromatic carbocycles. The monoisotopic (exact) mass is 511 g/mol. The number of benzene rings is 1. The normalized spacial score (nSPS) is 12.9. The maximum atomic E-state index is 6.45. The number of imidazole rings is 1. The Bertz CT molecular complexity index is 928. The molecule has 0 radical (unpaired) electrons. The molecule has 5 heteroatoms. The van der Waals surface area contributed by atoms with Gasteiger partial charge in [-0.15, -0.1) is 0 Å². The number of hydrogen-bond donors (Lipinski definition) is 0. The average Bonchev–Trinajstić information content (AvgIpc) is 2.83. The van der Waals surface area contributed by atoms with Crippen LogP contribution in [0.3, 0.4) is 0 Å².